The van der Waals surface area contributed by atoms with Gasteiger partial charge in [-0.1, -0.05) is 0 Å². The van der Waals surface area contributed by atoms with Crippen LogP contribution in [0.1, 0.15) is 18.5 Å². The summed E-state index contributed by atoms with van der Waals surface area (Å²) in [6, 6.07) is 3.87. The minimum atomic E-state index is 0. The summed E-state index contributed by atoms with van der Waals surface area (Å²) in [5.74, 6) is 0.604. The molecule has 1 atom stereocenters. The van der Waals surface area contributed by atoms with E-state index in [0.717, 1.165) is 35.9 Å². The van der Waals surface area contributed by atoms with Crippen molar-refractivity contribution in [2.24, 2.45) is 5.92 Å². The predicted molar refractivity (Wildman–Crippen MR) is 102 cm³/mol. The summed E-state index contributed by atoms with van der Waals surface area (Å²) in [4.78, 5) is 20.6. The minimum Gasteiger partial charge on any atom is -0.355 e. The number of hydrogen-bond donors (Lipinski definition) is 2. The highest BCUT2D eigenvalue weighted by molar-refractivity contribution is 7.13. The first-order valence-electron chi connectivity index (χ1n) is 7.63. The fourth-order valence-electron chi connectivity index (χ4n) is 2.59. The van der Waals surface area contributed by atoms with Crippen molar-refractivity contribution in [1.29, 1.82) is 0 Å². The van der Waals surface area contributed by atoms with E-state index in [9.17, 15) is 4.79 Å². The number of amides is 1. The maximum atomic E-state index is 12.0. The van der Waals surface area contributed by atoms with E-state index in [1.54, 1.807) is 23.7 Å². The standard InChI is InChI=1S/C16H20N4OS.2ClH/c21-15(19-9-12-3-1-5-17-8-12)7-14-11-22-16(20-14)13-4-2-6-18-10-13;;/h2,4,6,10-12,17H,1,3,5,7-9H2,(H,19,21);2*1H. The summed E-state index contributed by atoms with van der Waals surface area (Å²) < 4.78 is 0. The third kappa shape index (κ3) is 6.02. The Labute approximate surface area is 158 Å². The molecule has 0 bridgehead atoms. The zero-order valence-corrected chi connectivity index (χ0v) is 15.7. The van der Waals surface area contributed by atoms with Crippen LogP contribution in [0.25, 0.3) is 10.6 Å². The van der Waals surface area contributed by atoms with Gasteiger partial charge in [-0.2, -0.15) is 0 Å². The van der Waals surface area contributed by atoms with Crippen LogP contribution < -0.4 is 10.6 Å². The average molecular weight is 389 g/mol. The van der Waals surface area contributed by atoms with E-state index in [1.165, 1.54) is 12.8 Å². The lowest BCUT2D eigenvalue weighted by Gasteiger charge is -2.22. The molecule has 1 saturated heterocycles. The van der Waals surface area contributed by atoms with Crippen LogP contribution in [0.3, 0.4) is 0 Å². The zero-order valence-electron chi connectivity index (χ0n) is 13.2. The van der Waals surface area contributed by atoms with Crippen molar-refractivity contribution < 1.29 is 4.79 Å². The molecule has 1 aliphatic rings. The Balaban J connectivity index is 0.00000144. The first-order chi connectivity index (χ1) is 10.8. The molecule has 132 valence electrons. The zero-order chi connectivity index (χ0) is 15.2. The molecule has 2 aromatic rings. The third-order valence-corrected chi connectivity index (χ3v) is 4.73. The fourth-order valence-corrected chi connectivity index (χ4v) is 3.40. The van der Waals surface area contributed by atoms with E-state index in [4.69, 9.17) is 0 Å². The van der Waals surface area contributed by atoms with Gasteiger partial charge >= 0.3 is 0 Å². The summed E-state index contributed by atoms with van der Waals surface area (Å²) in [5.41, 5.74) is 1.82. The normalized spacial score (nSPS) is 16.6. The summed E-state index contributed by atoms with van der Waals surface area (Å²) in [6.07, 6.45) is 6.26. The van der Waals surface area contributed by atoms with E-state index in [-0.39, 0.29) is 30.7 Å². The van der Waals surface area contributed by atoms with Crippen molar-refractivity contribution >= 4 is 42.1 Å². The molecule has 0 spiro atoms. The van der Waals surface area contributed by atoms with Crippen LogP contribution in [0.4, 0.5) is 0 Å². The van der Waals surface area contributed by atoms with Crippen molar-refractivity contribution in [2.75, 3.05) is 19.6 Å². The lowest BCUT2D eigenvalue weighted by Crippen LogP contribution is -2.38. The highest BCUT2D eigenvalue weighted by atomic mass is 35.5. The van der Waals surface area contributed by atoms with Crippen molar-refractivity contribution in [3.05, 3.63) is 35.6 Å². The van der Waals surface area contributed by atoms with Crippen molar-refractivity contribution in [1.82, 2.24) is 20.6 Å². The van der Waals surface area contributed by atoms with Crippen LogP contribution in [-0.2, 0) is 11.2 Å². The van der Waals surface area contributed by atoms with Crippen molar-refractivity contribution in [2.45, 2.75) is 19.3 Å². The molecule has 2 N–H and O–H groups in total. The molecule has 24 heavy (non-hydrogen) atoms. The number of nitrogens with zero attached hydrogens (tertiary/aromatic N) is 2. The number of carbonyl (C=O) groups is 1. The average Bonchev–Trinajstić information content (AvgIpc) is 3.03. The maximum Gasteiger partial charge on any atom is 0.226 e. The van der Waals surface area contributed by atoms with Gasteiger partial charge in [0.25, 0.3) is 0 Å². The molecule has 8 heteroatoms. The summed E-state index contributed by atoms with van der Waals surface area (Å²) in [6.45, 7) is 2.86. The van der Waals surface area contributed by atoms with Crippen LogP contribution in [0.15, 0.2) is 29.9 Å². The second-order valence-electron chi connectivity index (χ2n) is 5.58. The number of rotatable bonds is 5. The van der Waals surface area contributed by atoms with Crippen LogP contribution in [-0.4, -0.2) is 35.5 Å². The van der Waals surface area contributed by atoms with Crippen LogP contribution in [0, 0.1) is 5.92 Å². The molecule has 3 rings (SSSR count). The Hall–Kier alpha value is -1.21. The number of thiazole rings is 1. The molecule has 1 unspecified atom stereocenters. The predicted octanol–water partition coefficient (Wildman–Crippen LogP) is 2.71. The quantitative estimate of drug-likeness (QED) is 0.825. The Morgan fingerprint density at radius 3 is 3.00 bits per heavy atom. The number of piperidine rings is 1. The number of pyridine rings is 1. The maximum absolute atomic E-state index is 12.0. The topological polar surface area (TPSA) is 66.9 Å². The second-order valence-corrected chi connectivity index (χ2v) is 6.44. The van der Waals surface area contributed by atoms with Gasteiger partial charge in [-0.05, 0) is 44.0 Å². The number of halogens is 2. The molecule has 0 radical (unpaired) electrons. The van der Waals surface area contributed by atoms with Gasteiger partial charge in [0.1, 0.15) is 5.01 Å². The Kier molecular flexibility index (Phi) is 9.21. The number of aromatic nitrogens is 2. The first kappa shape index (κ1) is 20.8. The first-order valence-corrected chi connectivity index (χ1v) is 8.51. The number of hydrogen-bond acceptors (Lipinski definition) is 5. The molecule has 3 heterocycles. The molecule has 0 aliphatic carbocycles. The summed E-state index contributed by atoms with van der Waals surface area (Å²) in [5, 5.41) is 9.24. The fraction of sp³-hybridized carbons (Fsp3) is 0.438. The molecule has 0 saturated carbocycles. The number of nitrogens with one attached hydrogen (secondary N) is 2. The lowest BCUT2D eigenvalue weighted by atomic mass is 10.00. The van der Waals surface area contributed by atoms with Gasteiger partial charge in [0.2, 0.25) is 5.91 Å². The van der Waals surface area contributed by atoms with Crippen LogP contribution in [0.5, 0.6) is 0 Å². The van der Waals surface area contributed by atoms with Gasteiger partial charge in [-0.15, -0.1) is 36.2 Å². The molecule has 2 aromatic heterocycles. The Bertz CT molecular complexity index is 618. The van der Waals surface area contributed by atoms with Gasteiger partial charge < -0.3 is 10.6 Å². The van der Waals surface area contributed by atoms with Crippen molar-refractivity contribution in [3.8, 4) is 10.6 Å². The molecular formula is C16H22Cl2N4OS. The Morgan fingerprint density at radius 2 is 2.29 bits per heavy atom. The highest BCUT2D eigenvalue weighted by Gasteiger charge is 2.14. The summed E-state index contributed by atoms with van der Waals surface area (Å²) >= 11 is 1.55. The van der Waals surface area contributed by atoms with Gasteiger partial charge in [0, 0.05) is 29.9 Å². The lowest BCUT2D eigenvalue weighted by molar-refractivity contribution is -0.120. The van der Waals surface area contributed by atoms with E-state index < -0.39 is 0 Å². The molecule has 1 aliphatic heterocycles. The van der Waals surface area contributed by atoms with E-state index in [2.05, 4.69) is 20.6 Å². The van der Waals surface area contributed by atoms with E-state index in [1.807, 2.05) is 17.5 Å². The van der Waals surface area contributed by atoms with Crippen LogP contribution >= 0.6 is 36.2 Å². The monoisotopic (exact) mass is 388 g/mol. The number of carbonyl (C=O) groups excluding carboxylic acids is 1. The van der Waals surface area contributed by atoms with Gasteiger partial charge in [0.15, 0.2) is 0 Å². The summed E-state index contributed by atoms with van der Waals surface area (Å²) in [7, 11) is 0. The SMILES string of the molecule is Cl.Cl.O=C(Cc1csc(-c2cccnc2)n1)NCC1CCCNC1. The van der Waals surface area contributed by atoms with E-state index in [0.29, 0.717) is 12.3 Å². The minimum absolute atomic E-state index is 0. The smallest absolute Gasteiger partial charge is 0.226 e. The molecule has 0 aromatic carbocycles. The largest absolute Gasteiger partial charge is 0.355 e. The van der Waals surface area contributed by atoms with Crippen LogP contribution in [0.2, 0.25) is 0 Å². The van der Waals surface area contributed by atoms with Crippen molar-refractivity contribution in [3.63, 3.8) is 0 Å². The highest BCUT2D eigenvalue weighted by Crippen LogP contribution is 2.22. The molecule has 1 fully saturated rings. The molecular weight excluding hydrogens is 367 g/mol. The van der Waals surface area contributed by atoms with Gasteiger partial charge in [0.05, 0.1) is 12.1 Å². The second kappa shape index (κ2) is 10.6. The van der Waals surface area contributed by atoms with Gasteiger partial charge in [-0.25, -0.2) is 4.98 Å². The Morgan fingerprint density at radius 1 is 1.42 bits per heavy atom. The van der Waals surface area contributed by atoms with E-state index >= 15 is 0 Å². The third-order valence-electron chi connectivity index (χ3n) is 3.79. The van der Waals surface area contributed by atoms with Gasteiger partial charge in [-0.3, -0.25) is 9.78 Å². The molecule has 5 nitrogen and oxygen atoms in total. The molecule has 1 amide bonds.